The Morgan fingerprint density at radius 1 is 1.56 bits per heavy atom. The highest BCUT2D eigenvalue weighted by molar-refractivity contribution is 5.86. The first-order chi connectivity index (χ1) is 7.54. The van der Waals surface area contributed by atoms with Crippen molar-refractivity contribution in [1.29, 1.82) is 0 Å². The molecule has 0 aromatic carbocycles. The molecule has 1 aromatic rings. The molecule has 2 N–H and O–H groups in total. The molecule has 0 atom stereocenters. The number of anilines is 1. The third-order valence-corrected chi connectivity index (χ3v) is 2.03. The van der Waals surface area contributed by atoms with Crippen molar-refractivity contribution < 1.29 is 9.59 Å². The normalized spacial score (nSPS) is 9.88. The Hall–Kier alpha value is -1.98. The number of nitrogens with one attached hydrogen (secondary N) is 2. The third kappa shape index (κ3) is 3.01. The first-order valence-corrected chi connectivity index (χ1v) is 4.85. The average molecular weight is 223 g/mol. The van der Waals surface area contributed by atoms with Crippen LogP contribution in [-0.4, -0.2) is 22.2 Å². The second kappa shape index (κ2) is 5.20. The van der Waals surface area contributed by atoms with Crippen molar-refractivity contribution in [2.24, 2.45) is 0 Å². The van der Waals surface area contributed by atoms with E-state index in [2.05, 4.69) is 15.3 Å². The topological polar surface area (TPSA) is 91.9 Å². The quantitative estimate of drug-likeness (QED) is 0.711. The molecule has 0 spiro atoms. The highest BCUT2D eigenvalue weighted by Gasteiger charge is 2.08. The van der Waals surface area contributed by atoms with Crippen LogP contribution in [0.1, 0.15) is 24.6 Å². The van der Waals surface area contributed by atoms with Gasteiger partial charge in [-0.1, -0.05) is 0 Å². The van der Waals surface area contributed by atoms with Crippen LogP contribution in [0, 0.1) is 6.92 Å². The second-order valence-electron chi connectivity index (χ2n) is 3.37. The molecule has 1 heterocycles. The molecule has 0 radical (unpaired) electrons. The van der Waals surface area contributed by atoms with Gasteiger partial charge in [-0.15, -0.1) is 0 Å². The number of amides is 1. The van der Waals surface area contributed by atoms with Crippen molar-refractivity contribution in [2.45, 2.75) is 26.7 Å². The summed E-state index contributed by atoms with van der Waals surface area (Å²) in [6.07, 6.45) is 1.39. The van der Waals surface area contributed by atoms with Crippen LogP contribution in [0.5, 0.6) is 0 Å². The van der Waals surface area contributed by atoms with Gasteiger partial charge in [-0.3, -0.25) is 19.9 Å². The summed E-state index contributed by atoms with van der Waals surface area (Å²) < 4.78 is 0. The standard InChI is InChI=1S/C10H13N3O3/c1-6-8(4-3-5-14)9(16)13-10(11-6)12-7(2)15/h5H,3-4H2,1-2H3,(H2,11,12,13,15,16). The molecule has 1 amide bonds. The van der Waals surface area contributed by atoms with Crippen LogP contribution in [0.25, 0.3) is 0 Å². The van der Waals surface area contributed by atoms with Gasteiger partial charge in [0.15, 0.2) is 0 Å². The van der Waals surface area contributed by atoms with Gasteiger partial charge in [-0.2, -0.15) is 0 Å². The number of aromatic nitrogens is 2. The van der Waals surface area contributed by atoms with E-state index in [9.17, 15) is 14.4 Å². The van der Waals surface area contributed by atoms with E-state index in [0.29, 0.717) is 17.7 Å². The third-order valence-electron chi connectivity index (χ3n) is 2.03. The molecule has 0 saturated heterocycles. The molecule has 1 aromatic heterocycles. The van der Waals surface area contributed by atoms with Gasteiger partial charge in [0.2, 0.25) is 11.9 Å². The molecular formula is C10H13N3O3. The van der Waals surface area contributed by atoms with Crippen LogP contribution in [0.4, 0.5) is 5.95 Å². The summed E-state index contributed by atoms with van der Waals surface area (Å²) >= 11 is 0. The van der Waals surface area contributed by atoms with Gasteiger partial charge in [-0.05, 0) is 13.3 Å². The summed E-state index contributed by atoms with van der Waals surface area (Å²) in [7, 11) is 0. The average Bonchev–Trinajstić information content (AvgIpc) is 2.15. The molecular weight excluding hydrogens is 210 g/mol. The lowest BCUT2D eigenvalue weighted by atomic mass is 10.1. The van der Waals surface area contributed by atoms with Crippen molar-refractivity contribution >= 4 is 18.1 Å². The summed E-state index contributed by atoms with van der Waals surface area (Å²) in [6.45, 7) is 3.00. The van der Waals surface area contributed by atoms with E-state index in [1.54, 1.807) is 6.92 Å². The lowest BCUT2D eigenvalue weighted by Crippen LogP contribution is -2.21. The first kappa shape index (κ1) is 12.1. The zero-order chi connectivity index (χ0) is 12.1. The number of H-pyrrole nitrogens is 1. The molecule has 0 aliphatic heterocycles. The van der Waals surface area contributed by atoms with Crippen molar-refractivity contribution in [3.05, 3.63) is 21.6 Å². The molecule has 0 bridgehead atoms. The van der Waals surface area contributed by atoms with Gasteiger partial charge >= 0.3 is 0 Å². The molecule has 0 aliphatic carbocycles. The van der Waals surface area contributed by atoms with E-state index in [1.165, 1.54) is 6.92 Å². The van der Waals surface area contributed by atoms with Gasteiger partial charge in [-0.25, -0.2) is 4.98 Å². The number of hydrogen-bond donors (Lipinski definition) is 2. The Kier molecular flexibility index (Phi) is 3.93. The minimum absolute atomic E-state index is 0.129. The Balaban J connectivity index is 3.02. The van der Waals surface area contributed by atoms with Gasteiger partial charge in [0.25, 0.3) is 5.56 Å². The zero-order valence-electron chi connectivity index (χ0n) is 9.16. The molecule has 0 saturated carbocycles. The Morgan fingerprint density at radius 2 is 2.25 bits per heavy atom. The molecule has 0 fully saturated rings. The number of aryl methyl sites for hydroxylation is 1. The SMILES string of the molecule is CC(=O)Nc1nc(C)c(CCC=O)c(=O)[nH]1. The number of rotatable bonds is 4. The van der Waals surface area contributed by atoms with Crippen molar-refractivity contribution in [1.82, 2.24) is 9.97 Å². The number of aldehydes is 1. The molecule has 0 aliphatic rings. The predicted octanol–water partition coefficient (Wildman–Crippen LogP) is 0.168. The van der Waals surface area contributed by atoms with Crippen LogP contribution >= 0.6 is 0 Å². The fourth-order valence-electron chi connectivity index (χ4n) is 1.33. The predicted molar refractivity (Wildman–Crippen MR) is 58.3 cm³/mol. The van der Waals surface area contributed by atoms with Crippen LogP contribution < -0.4 is 10.9 Å². The van der Waals surface area contributed by atoms with Crippen molar-refractivity contribution in [3.63, 3.8) is 0 Å². The van der Waals surface area contributed by atoms with E-state index in [-0.39, 0.29) is 23.8 Å². The van der Waals surface area contributed by atoms with E-state index in [1.807, 2.05) is 0 Å². The monoisotopic (exact) mass is 223 g/mol. The number of nitrogens with zero attached hydrogens (tertiary/aromatic N) is 1. The fraction of sp³-hybridized carbons (Fsp3) is 0.400. The maximum atomic E-state index is 11.6. The molecule has 1 rings (SSSR count). The molecule has 6 nitrogen and oxygen atoms in total. The largest absolute Gasteiger partial charge is 0.303 e. The van der Waals surface area contributed by atoms with Crippen LogP contribution in [-0.2, 0) is 16.0 Å². The fourth-order valence-corrected chi connectivity index (χ4v) is 1.33. The zero-order valence-corrected chi connectivity index (χ0v) is 9.16. The molecule has 6 heteroatoms. The van der Waals surface area contributed by atoms with Gasteiger partial charge in [0.05, 0.1) is 0 Å². The minimum Gasteiger partial charge on any atom is -0.303 e. The van der Waals surface area contributed by atoms with E-state index in [0.717, 1.165) is 6.29 Å². The lowest BCUT2D eigenvalue weighted by molar-refractivity contribution is -0.114. The van der Waals surface area contributed by atoms with E-state index >= 15 is 0 Å². The number of carbonyl (C=O) groups is 2. The summed E-state index contributed by atoms with van der Waals surface area (Å²) in [4.78, 5) is 39.0. The Labute approximate surface area is 92.1 Å². The van der Waals surface area contributed by atoms with Crippen LogP contribution in [0.2, 0.25) is 0 Å². The first-order valence-electron chi connectivity index (χ1n) is 4.85. The highest BCUT2D eigenvalue weighted by atomic mass is 16.2. The maximum absolute atomic E-state index is 11.6. The van der Waals surface area contributed by atoms with Gasteiger partial charge in [0.1, 0.15) is 6.29 Å². The van der Waals surface area contributed by atoms with E-state index < -0.39 is 0 Å². The Morgan fingerprint density at radius 3 is 2.75 bits per heavy atom. The van der Waals surface area contributed by atoms with Crippen LogP contribution in [0.3, 0.4) is 0 Å². The Bertz CT molecular complexity index is 465. The smallest absolute Gasteiger partial charge is 0.255 e. The second-order valence-corrected chi connectivity index (χ2v) is 3.37. The summed E-state index contributed by atoms with van der Waals surface area (Å²) in [5.41, 5.74) is 0.675. The van der Waals surface area contributed by atoms with Gasteiger partial charge in [0, 0.05) is 24.6 Å². The summed E-state index contributed by atoms with van der Waals surface area (Å²) in [5.74, 6) is -0.173. The maximum Gasteiger partial charge on any atom is 0.255 e. The highest BCUT2D eigenvalue weighted by Crippen LogP contribution is 2.04. The molecule has 16 heavy (non-hydrogen) atoms. The lowest BCUT2D eigenvalue weighted by Gasteiger charge is -2.05. The van der Waals surface area contributed by atoms with E-state index in [4.69, 9.17) is 0 Å². The van der Waals surface area contributed by atoms with Crippen LogP contribution in [0.15, 0.2) is 4.79 Å². The molecule has 86 valence electrons. The molecule has 0 unspecified atom stereocenters. The number of carbonyl (C=O) groups excluding carboxylic acids is 2. The minimum atomic E-state index is -0.321. The van der Waals surface area contributed by atoms with Gasteiger partial charge < -0.3 is 4.79 Å². The summed E-state index contributed by atoms with van der Waals surface area (Å²) in [6, 6.07) is 0. The van der Waals surface area contributed by atoms with Crippen molar-refractivity contribution in [2.75, 3.05) is 5.32 Å². The number of aromatic amines is 1. The summed E-state index contributed by atoms with van der Waals surface area (Å²) in [5, 5.41) is 2.39. The van der Waals surface area contributed by atoms with Crippen molar-refractivity contribution in [3.8, 4) is 0 Å². The number of hydrogen-bond acceptors (Lipinski definition) is 4.